The smallest absolute Gasteiger partial charge is 0.253 e. The van der Waals surface area contributed by atoms with E-state index in [0.717, 1.165) is 10.9 Å². The minimum absolute atomic E-state index is 0.207. The van der Waals surface area contributed by atoms with Crippen molar-refractivity contribution in [2.75, 3.05) is 6.54 Å². The van der Waals surface area contributed by atoms with Gasteiger partial charge in [0.05, 0.1) is 10.6 Å². The van der Waals surface area contributed by atoms with Crippen molar-refractivity contribution < 1.29 is 9.59 Å². The molecule has 4 nitrogen and oxygen atoms in total. The number of carbonyl (C=O) groups excluding carboxylic acids is 2. The van der Waals surface area contributed by atoms with Crippen LogP contribution in [0.15, 0.2) is 22.7 Å². The van der Waals surface area contributed by atoms with E-state index in [1.165, 1.54) is 0 Å². The van der Waals surface area contributed by atoms with Crippen molar-refractivity contribution in [2.45, 2.75) is 26.3 Å². The number of amides is 2. The first-order valence-corrected chi connectivity index (χ1v) is 7.16. The number of rotatable bonds is 5. The minimum atomic E-state index is -0.603. The molecule has 1 rings (SSSR count). The van der Waals surface area contributed by atoms with E-state index in [-0.39, 0.29) is 11.8 Å². The average Bonchev–Trinajstić information content (AvgIpc) is 2.38. The van der Waals surface area contributed by atoms with Crippen molar-refractivity contribution in [2.24, 2.45) is 0 Å². The summed E-state index contributed by atoms with van der Waals surface area (Å²) in [5, 5.41) is 5.68. The Balaban J connectivity index is 2.68. The zero-order valence-corrected chi connectivity index (χ0v) is 13.1. The van der Waals surface area contributed by atoms with Crippen LogP contribution in [0.5, 0.6) is 0 Å². The lowest BCUT2D eigenvalue weighted by Crippen LogP contribution is -2.45. The molecule has 1 aromatic carbocycles. The SMILES string of the molecule is CCCNC(=O)C(C)NC(=O)c1cc(Br)ccc1Cl. The molecule has 0 radical (unpaired) electrons. The zero-order valence-electron chi connectivity index (χ0n) is 10.8. The summed E-state index contributed by atoms with van der Waals surface area (Å²) < 4.78 is 0.755. The first-order valence-electron chi connectivity index (χ1n) is 5.99. The third-order valence-electron chi connectivity index (χ3n) is 2.46. The lowest BCUT2D eigenvalue weighted by molar-refractivity contribution is -0.122. The fourth-order valence-electron chi connectivity index (χ4n) is 1.41. The van der Waals surface area contributed by atoms with Gasteiger partial charge in [0.15, 0.2) is 0 Å². The van der Waals surface area contributed by atoms with Gasteiger partial charge in [-0.25, -0.2) is 0 Å². The minimum Gasteiger partial charge on any atom is -0.354 e. The summed E-state index contributed by atoms with van der Waals surface area (Å²) in [4.78, 5) is 23.7. The topological polar surface area (TPSA) is 58.2 Å². The fourth-order valence-corrected chi connectivity index (χ4v) is 1.98. The molecular weight excluding hydrogens is 332 g/mol. The summed E-state index contributed by atoms with van der Waals surface area (Å²) in [7, 11) is 0. The largest absolute Gasteiger partial charge is 0.354 e. The highest BCUT2D eigenvalue weighted by molar-refractivity contribution is 9.10. The lowest BCUT2D eigenvalue weighted by Gasteiger charge is -2.14. The molecule has 0 spiro atoms. The van der Waals surface area contributed by atoms with Crippen LogP contribution in [0.4, 0.5) is 0 Å². The zero-order chi connectivity index (χ0) is 14.4. The van der Waals surface area contributed by atoms with Gasteiger partial charge in [-0.3, -0.25) is 9.59 Å². The van der Waals surface area contributed by atoms with Crippen LogP contribution < -0.4 is 10.6 Å². The van der Waals surface area contributed by atoms with Gasteiger partial charge in [-0.2, -0.15) is 0 Å². The third kappa shape index (κ3) is 4.84. The van der Waals surface area contributed by atoms with Gasteiger partial charge in [0.2, 0.25) is 5.91 Å². The van der Waals surface area contributed by atoms with Gasteiger partial charge in [-0.1, -0.05) is 34.5 Å². The van der Waals surface area contributed by atoms with Crippen molar-refractivity contribution in [3.05, 3.63) is 33.3 Å². The molecular formula is C13H16BrClN2O2. The molecule has 0 saturated heterocycles. The molecule has 0 aromatic heterocycles. The van der Waals surface area contributed by atoms with E-state index in [9.17, 15) is 9.59 Å². The van der Waals surface area contributed by atoms with Gasteiger partial charge in [0.1, 0.15) is 6.04 Å². The summed E-state index contributed by atoms with van der Waals surface area (Å²) in [5.41, 5.74) is 0.339. The molecule has 0 bridgehead atoms. The van der Waals surface area contributed by atoms with E-state index in [1.54, 1.807) is 25.1 Å². The Hall–Kier alpha value is -1.07. The van der Waals surface area contributed by atoms with Crippen LogP contribution in [0.25, 0.3) is 0 Å². The van der Waals surface area contributed by atoms with E-state index in [1.807, 2.05) is 6.92 Å². The Labute approximate surface area is 126 Å². The van der Waals surface area contributed by atoms with Crippen molar-refractivity contribution in [3.63, 3.8) is 0 Å². The van der Waals surface area contributed by atoms with E-state index < -0.39 is 6.04 Å². The molecule has 0 aliphatic carbocycles. The van der Waals surface area contributed by atoms with Crippen LogP contribution in [-0.4, -0.2) is 24.4 Å². The molecule has 6 heteroatoms. The quantitative estimate of drug-likeness (QED) is 0.860. The highest BCUT2D eigenvalue weighted by Gasteiger charge is 2.17. The number of hydrogen-bond donors (Lipinski definition) is 2. The summed E-state index contributed by atoms with van der Waals surface area (Å²) in [5.74, 6) is -0.577. The molecule has 0 fully saturated rings. The number of nitrogens with one attached hydrogen (secondary N) is 2. The van der Waals surface area contributed by atoms with Gasteiger partial charge in [-0.05, 0) is 31.5 Å². The maximum Gasteiger partial charge on any atom is 0.253 e. The van der Waals surface area contributed by atoms with Crippen LogP contribution in [0.1, 0.15) is 30.6 Å². The van der Waals surface area contributed by atoms with Gasteiger partial charge < -0.3 is 10.6 Å². The normalized spacial score (nSPS) is 11.8. The van der Waals surface area contributed by atoms with Crippen LogP contribution in [0.3, 0.4) is 0 Å². The summed E-state index contributed by atoms with van der Waals surface area (Å²) in [6, 6.07) is 4.39. The average molecular weight is 348 g/mol. The second kappa shape index (κ2) is 7.50. The molecule has 19 heavy (non-hydrogen) atoms. The van der Waals surface area contributed by atoms with Crippen molar-refractivity contribution in [1.82, 2.24) is 10.6 Å². The van der Waals surface area contributed by atoms with E-state index in [4.69, 9.17) is 11.6 Å². The standard InChI is InChI=1S/C13H16BrClN2O2/c1-3-6-16-12(18)8(2)17-13(19)10-7-9(14)4-5-11(10)15/h4-5,7-8H,3,6H2,1-2H3,(H,16,18)(H,17,19). The molecule has 0 aliphatic heterocycles. The predicted octanol–water partition coefficient (Wildman–Crippen LogP) is 2.75. The van der Waals surface area contributed by atoms with Gasteiger partial charge in [0.25, 0.3) is 5.91 Å². The Morgan fingerprint density at radius 1 is 1.42 bits per heavy atom. The number of hydrogen-bond acceptors (Lipinski definition) is 2. The summed E-state index contributed by atoms with van der Waals surface area (Å²) in [6.07, 6.45) is 0.851. The van der Waals surface area contributed by atoms with Crippen molar-refractivity contribution in [1.29, 1.82) is 0 Å². The van der Waals surface area contributed by atoms with E-state index >= 15 is 0 Å². The first-order chi connectivity index (χ1) is 8.95. The van der Waals surface area contributed by atoms with Gasteiger partial charge in [-0.15, -0.1) is 0 Å². The van der Waals surface area contributed by atoms with E-state index in [2.05, 4.69) is 26.6 Å². The second-order valence-corrected chi connectivity index (χ2v) is 5.43. The van der Waals surface area contributed by atoms with Crippen molar-refractivity contribution >= 4 is 39.3 Å². The van der Waals surface area contributed by atoms with Crippen molar-refractivity contribution in [3.8, 4) is 0 Å². The molecule has 0 heterocycles. The lowest BCUT2D eigenvalue weighted by atomic mass is 10.2. The maximum absolute atomic E-state index is 12.0. The van der Waals surface area contributed by atoms with Crippen LogP contribution in [0.2, 0.25) is 5.02 Å². The monoisotopic (exact) mass is 346 g/mol. The molecule has 0 aliphatic rings. The number of benzene rings is 1. The molecule has 2 amide bonds. The summed E-state index contributed by atoms with van der Waals surface area (Å²) in [6.45, 7) is 4.19. The molecule has 1 aromatic rings. The van der Waals surface area contributed by atoms with Crippen LogP contribution in [-0.2, 0) is 4.79 Å². The molecule has 104 valence electrons. The predicted molar refractivity (Wildman–Crippen MR) is 79.4 cm³/mol. The van der Waals surface area contributed by atoms with Crippen LogP contribution >= 0.6 is 27.5 Å². The molecule has 2 N–H and O–H groups in total. The Morgan fingerprint density at radius 3 is 2.74 bits per heavy atom. The number of halogens is 2. The van der Waals surface area contributed by atoms with Crippen LogP contribution in [0, 0.1) is 0 Å². The summed E-state index contributed by atoms with van der Waals surface area (Å²) >= 11 is 9.23. The first kappa shape index (κ1) is 16.0. The fraction of sp³-hybridized carbons (Fsp3) is 0.385. The Kier molecular flexibility index (Phi) is 6.31. The molecule has 0 saturated carbocycles. The van der Waals surface area contributed by atoms with E-state index in [0.29, 0.717) is 17.1 Å². The Morgan fingerprint density at radius 2 is 2.11 bits per heavy atom. The maximum atomic E-state index is 12.0. The molecule has 1 unspecified atom stereocenters. The second-order valence-electron chi connectivity index (χ2n) is 4.11. The molecule has 1 atom stereocenters. The highest BCUT2D eigenvalue weighted by atomic mass is 79.9. The van der Waals surface area contributed by atoms with Gasteiger partial charge >= 0.3 is 0 Å². The third-order valence-corrected chi connectivity index (χ3v) is 3.29. The van der Waals surface area contributed by atoms with Gasteiger partial charge in [0, 0.05) is 11.0 Å². The Bertz CT molecular complexity index is 480. The number of carbonyl (C=O) groups is 2. The highest BCUT2D eigenvalue weighted by Crippen LogP contribution is 2.20.